The van der Waals surface area contributed by atoms with Crippen LogP contribution in [0.25, 0.3) is 0 Å². The summed E-state index contributed by atoms with van der Waals surface area (Å²) in [6.45, 7) is 2.04. The normalized spacial score (nSPS) is 10.4. The summed E-state index contributed by atoms with van der Waals surface area (Å²) in [6.07, 6.45) is 0. The van der Waals surface area contributed by atoms with Crippen LogP contribution in [0.2, 0.25) is 0 Å². The van der Waals surface area contributed by atoms with Crippen molar-refractivity contribution in [3.8, 4) is 5.75 Å². The first kappa shape index (κ1) is 22.4. The summed E-state index contributed by atoms with van der Waals surface area (Å²) in [4.78, 5) is 24.8. The zero-order chi connectivity index (χ0) is 22.2. The highest BCUT2D eigenvalue weighted by molar-refractivity contribution is 7.99. The van der Waals surface area contributed by atoms with Crippen molar-refractivity contribution in [2.75, 3.05) is 23.5 Å². The van der Waals surface area contributed by atoms with Gasteiger partial charge < -0.3 is 15.4 Å². The lowest BCUT2D eigenvalue weighted by atomic mass is 10.2. The van der Waals surface area contributed by atoms with Crippen LogP contribution < -0.4 is 15.4 Å². The molecule has 0 unspecified atom stereocenters. The number of aryl methyl sites for hydroxylation is 1. The van der Waals surface area contributed by atoms with Gasteiger partial charge in [0.15, 0.2) is 0 Å². The molecule has 5 nitrogen and oxygen atoms in total. The Morgan fingerprint density at radius 2 is 1.81 bits per heavy atom. The fourth-order valence-electron chi connectivity index (χ4n) is 2.97. The molecule has 2 amide bonds. The van der Waals surface area contributed by atoms with Gasteiger partial charge in [0.1, 0.15) is 11.6 Å². The number of carbonyl (C=O) groups is 2. The lowest BCUT2D eigenvalue weighted by Crippen LogP contribution is -2.16. The van der Waals surface area contributed by atoms with Gasteiger partial charge in [0.2, 0.25) is 5.91 Å². The number of halogens is 1. The molecular weight excluding hydrogens is 415 g/mol. The number of hydrogen-bond donors (Lipinski definition) is 2. The Morgan fingerprint density at radius 3 is 2.55 bits per heavy atom. The Hall–Kier alpha value is -3.32. The van der Waals surface area contributed by atoms with Crippen molar-refractivity contribution in [2.24, 2.45) is 0 Å². The van der Waals surface area contributed by atoms with E-state index in [0.717, 1.165) is 11.8 Å². The first-order valence-corrected chi connectivity index (χ1v) is 10.8. The second-order valence-corrected chi connectivity index (χ2v) is 7.90. The number of hydrogen-bond acceptors (Lipinski definition) is 4. The van der Waals surface area contributed by atoms with Crippen LogP contribution in [-0.2, 0) is 10.5 Å². The molecule has 0 fully saturated rings. The van der Waals surface area contributed by atoms with E-state index in [9.17, 15) is 14.0 Å². The number of nitrogens with one attached hydrogen (secondary N) is 2. The van der Waals surface area contributed by atoms with Crippen molar-refractivity contribution >= 4 is 35.0 Å². The topological polar surface area (TPSA) is 67.4 Å². The predicted molar refractivity (Wildman–Crippen MR) is 123 cm³/mol. The van der Waals surface area contributed by atoms with Crippen molar-refractivity contribution in [2.45, 2.75) is 12.7 Å². The predicted octanol–water partition coefficient (Wildman–Crippen LogP) is 5.27. The number of carbonyl (C=O) groups excluding carboxylic acids is 2. The molecule has 2 N–H and O–H groups in total. The Labute approximate surface area is 185 Å². The summed E-state index contributed by atoms with van der Waals surface area (Å²) < 4.78 is 18.7. The van der Waals surface area contributed by atoms with E-state index < -0.39 is 11.7 Å². The monoisotopic (exact) mass is 438 g/mol. The minimum Gasteiger partial charge on any atom is -0.495 e. The molecule has 0 bridgehead atoms. The second kappa shape index (κ2) is 10.6. The van der Waals surface area contributed by atoms with E-state index in [1.807, 2.05) is 25.1 Å². The number of rotatable bonds is 8. The zero-order valence-corrected chi connectivity index (χ0v) is 18.1. The Balaban J connectivity index is 1.61. The molecule has 0 aliphatic carbocycles. The highest BCUT2D eigenvalue weighted by Gasteiger charge is 2.12. The van der Waals surface area contributed by atoms with E-state index in [2.05, 4.69) is 16.7 Å². The van der Waals surface area contributed by atoms with Gasteiger partial charge in [0.25, 0.3) is 5.91 Å². The van der Waals surface area contributed by atoms with Crippen LogP contribution in [0.3, 0.4) is 0 Å². The lowest BCUT2D eigenvalue weighted by Gasteiger charge is -2.13. The first-order valence-electron chi connectivity index (χ1n) is 9.62. The number of anilines is 2. The molecule has 0 atom stereocenters. The SMILES string of the molecule is COc1ccc(NC(=O)CSCc2cccc(C)c2)cc1NC(=O)c1cccc(F)c1. The number of ether oxygens (including phenoxy) is 1. The summed E-state index contributed by atoms with van der Waals surface area (Å²) >= 11 is 1.52. The van der Waals surface area contributed by atoms with Crippen molar-refractivity contribution in [1.29, 1.82) is 0 Å². The number of thioether (sulfide) groups is 1. The molecular formula is C24H23FN2O3S. The van der Waals surface area contributed by atoms with Crippen molar-refractivity contribution < 1.29 is 18.7 Å². The molecule has 0 saturated heterocycles. The fraction of sp³-hybridized carbons (Fsp3) is 0.167. The van der Waals surface area contributed by atoms with Gasteiger partial charge in [0.05, 0.1) is 18.6 Å². The molecule has 0 saturated carbocycles. The summed E-state index contributed by atoms with van der Waals surface area (Å²) in [7, 11) is 1.48. The third-order valence-corrected chi connectivity index (χ3v) is 5.41. The van der Waals surface area contributed by atoms with Crippen molar-refractivity contribution in [1.82, 2.24) is 0 Å². The lowest BCUT2D eigenvalue weighted by molar-refractivity contribution is -0.113. The van der Waals surface area contributed by atoms with Gasteiger partial charge in [-0.25, -0.2) is 4.39 Å². The van der Waals surface area contributed by atoms with Crippen LogP contribution in [0.5, 0.6) is 5.75 Å². The third-order valence-electron chi connectivity index (χ3n) is 4.40. The number of benzene rings is 3. The molecule has 3 rings (SSSR count). The smallest absolute Gasteiger partial charge is 0.255 e. The second-order valence-electron chi connectivity index (χ2n) is 6.91. The third kappa shape index (κ3) is 6.58. The maximum atomic E-state index is 13.4. The molecule has 7 heteroatoms. The molecule has 0 aliphatic heterocycles. The van der Waals surface area contributed by atoms with Gasteiger partial charge in [-0.1, -0.05) is 35.9 Å². The van der Waals surface area contributed by atoms with Gasteiger partial charge in [0, 0.05) is 17.0 Å². The van der Waals surface area contributed by atoms with E-state index in [1.165, 1.54) is 48.2 Å². The number of amides is 2. The van der Waals surface area contributed by atoms with Crippen LogP contribution in [0.1, 0.15) is 21.5 Å². The van der Waals surface area contributed by atoms with Gasteiger partial charge >= 0.3 is 0 Å². The largest absolute Gasteiger partial charge is 0.495 e. The molecule has 0 heterocycles. The minimum atomic E-state index is -0.496. The van der Waals surface area contributed by atoms with E-state index in [1.54, 1.807) is 18.2 Å². The van der Waals surface area contributed by atoms with Crippen molar-refractivity contribution in [3.05, 3.63) is 89.2 Å². The van der Waals surface area contributed by atoms with Gasteiger partial charge in [-0.05, 0) is 48.9 Å². The van der Waals surface area contributed by atoms with Gasteiger partial charge in [-0.2, -0.15) is 0 Å². The number of methoxy groups -OCH3 is 1. The average molecular weight is 439 g/mol. The summed E-state index contributed by atoms with van der Waals surface area (Å²) in [6, 6.07) is 18.5. The molecule has 160 valence electrons. The van der Waals surface area contributed by atoms with Crippen molar-refractivity contribution in [3.63, 3.8) is 0 Å². The molecule has 0 aliphatic rings. The zero-order valence-electron chi connectivity index (χ0n) is 17.3. The van der Waals surface area contributed by atoms with Gasteiger partial charge in [-0.3, -0.25) is 9.59 Å². The molecule has 0 spiro atoms. The molecule has 0 aromatic heterocycles. The van der Waals surface area contributed by atoms with E-state index in [-0.39, 0.29) is 11.5 Å². The van der Waals surface area contributed by atoms with Crippen LogP contribution in [-0.4, -0.2) is 24.7 Å². The Morgan fingerprint density at radius 1 is 1.00 bits per heavy atom. The quantitative estimate of drug-likeness (QED) is 0.503. The minimum absolute atomic E-state index is 0.148. The standard InChI is InChI=1S/C24H23FN2O3S/c1-16-5-3-6-17(11-16)14-31-15-23(28)26-20-9-10-22(30-2)21(13-20)27-24(29)18-7-4-8-19(25)12-18/h3-13H,14-15H2,1-2H3,(H,26,28)(H,27,29). The van der Waals surface area contributed by atoms with Crippen LogP contribution in [0.4, 0.5) is 15.8 Å². The molecule has 3 aromatic rings. The van der Waals surface area contributed by atoms with Crippen LogP contribution >= 0.6 is 11.8 Å². The molecule has 3 aromatic carbocycles. The van der Waals surface area contributed by atoms with Crippen LogP contribution in [0, 0.1) is 12.7 Å². The average Bonchev–Trinajstić information content (AvgIpc) is 2.74. The highest BCUT2D eigenvalue weighted by Crippen LogP contribution is 2.28. The van der Waals surface area contributed by atoms with E-state index >= 15 is 0 Å². The molecule has 31 heavy (non-hydrogen) atoms. The summed E-state index contributed by atoms with van der Waals surface area (Å²) in [5.41, 5.74) is 3.45. The first-order chi connectivity index (χ1) is 14.9. The fourth-order valence-corrected chi connectivity index (χ4v) is 3.74. The summed E-state index contributed by atoms with van der Waals surface area (Å²) in [5, 5.41) is 5.53. The van der Waals surface area contributed by atoms with Gasteiger partial charge in [-0.15, -0.1) is 11.8 Å². The Bertz CT molecular complexity index is 1090. The van der Waals surface area contributed by atoms with Crippen LogP contribution in [0.15, 0.2) is 66.7 Å². The summed E-state index contributed by atoms with van der Waals surface area (Å²) in [5.74, 6) is 0.345. The van der Waals surface area contributed by atoms with E-state index in [4.69, 9.17) is 4.74 Å². The van der Waals surface area contributed by atoms with E-state index in [0.29, 0.717) is 22.9 Å². The highest BCUT2D eigenvalue weighted by atomic mass is 32.2. The maximum absolute atomic E-state index is 13.4. The molecule has 0 radical (unpaired) electrons. The maximum Gasteiger partial charge on any atom is 0.255 e. The Kier molecular flexibility index (Phi) is 7.67.